The van der Waals surface area contributed by atoms with Gasteiger partial charge in [-0.2, -0.15) is 0 Å². The van der Waals surface area contributed by atoms with Gasteiger partial charge in [-0.05, 0) is 13.8 Å². The first-order valence-electron chi connectivity index (χ1n) is 7.50. The van der Waals surface area contributed by atoms with Crippen LogP contribution in [0, 0.1) is 34.6 Å². The van der Waals surface area contributed by atoms with Gasteiger partial charge in [-0.3, -0.25) is 0 Å². The van der Waals surface area contributed by atoms with Crippen LogP contribution >= 0.6 is 0 Å². The van der Waals surface area contributed by atoms with Crippen molar-refractivity contribution in [1.82, 2.24) is 0 Å². The van der Waals surface area contributed by atoms with E-state index in [0.29, 0.717) is 0 Å². The van der Waals surface area contributed by atoms with Crippen LogP contribution in [0.5, 0.6) is 0 Å². The maximum atomic E-state index is 12.8. The van der Waals surface area contributed by atoms with Crippen molar-refractivity contribution in [2.45, 2.75) is 67.9 Å². The molecule has 0 N–H and O–H groups in total. The van der Waals surface area contributed by atoms with E-state index in [1.165, 1.54) is 4.74 Å². The molecule has 2 unspecified atom stereocenters. The van der Waals surface area contributed by atoms with Gasteiger partial charge in [0.15, 0.2) is 11.8 Å². The molecule has 3 heteroatoms. The van der Waals surface area contributed by atoms with E-state index in [9.17, 15) is 5.21 Å². The number of hydroxylamine groups is 1. The van der Waals surface area contributed by atoms with Crippen LogP contribution in [0.2, 0.25) is 0 Å². The summed E-state index contributed by atoms with van der Waals surface area (Å²) in [6.07, 6.45) is 4.19. The molecule has 0 bridgehead atoms. The van der Waals surface area contributed by atoms with Crippen LogP contribution in [0.25, 0.3) is 0 Å². The molecule has 1 rings (SSSR count). The van der Waals surface area contributed by atoms with Crippen LogP contribution in [-0.4, -0.2) is 16.5 Å². The molecule has 0 spiro atoms. The second kappa shape index (κ2) is 7.44. The average Bonchev–Trinajstić information content (AvgIpc) is 2.41. The van der Waals surface area contributed by atoms with E-state index in [2.05, 4.69) is 47.6 Å². The molecule has 0 aromatic heterocycles. The Morgan fingerprint density at radius 2 is 1.86 bits per heavy atom. The molecule has 21 heavy (non-hydrogen) atoms. The van der Waals surface area contributed by atoms with Gasteiger partial charge in [0, 0.05) is 11.8 Å². The van der Waals surface area contributed by atoms with Crippen molar-refractivity contribution in [1.29, 1.82) is 0 Å². The largest absolute Gasteiger partial charge is 1.00 e. The van der Waals surface area contributed by atoms with Gasteiger partial charge in [-0.15, -0.1) is 13.8 Å². The van der Waals surface area contributed by atoms with Crippen molar-refractivity contribution >= 4 is 5.71 Å². The molecule has 0 aromatic carbocycles. The Morgan fingerprint density at radius 1 is 1.38 bits per heavy atom. The number of allylic oxidation sites excluding steroid dienone is 2. The van der Waals surface area contributed by atoms with Crippen LogP contribution in [0.4, 0.5) is 0 Å². The second-order valence-corrected chi connectivity index (χ2v) is 7.16. The molecule has 1 heterocycles. The predicted octanol–water partition coefficient (Wildman–Crippen LogP) is 1.66. The predicted molar refractivity (Wildman–Crippen MR) is 86.5 cm³/mol. The summed E-state index contributed by atoms with van der Waals surface area (Å²) in [5.41, 5.74) is 2.51. The first kappa shape index (κ1) is 21.6. The van der Waals surface area contributed by atoms with E-state index in [0.717, 1.165) is 23.3 Å². The van der Waals surface area contributed by atoms with Crippen LogP contribution < -0.4 is 51.4 Å². The molecule has 1 aliphatic rings. The third-order valence-electron chi connectivity index (χ3n) is 5.43. The van der Waals surface area contributed by atoms with Crippen LogP contribution in [0.1, 0.15) is 63.2 Å². The average molecular weight is 316 g/mol. The Bertz CT molecular complexity index is 477. The second-order valence-electron chi connectivity index (χ2n) is 7.16. The summed E-state index contributed by atoms with van der Waals surface area (Å²) < 4.78 is 1.25. The Hall–Kier alpha value is 0.586. The normalized spacial score (nSPS) is 25.5. The number of rotatable bonds is 4. The molecular weight excluding hydrogens is 285 g/mol. The Balaban J connectivity index is 0. The fourth-order valence-corrected chi connectivity index (χ4v) is 3.44. The first-order chi connectivity index (χ1) is 8.98. The van der Waals surface area contributed by atoms with Gasteiger partial charge in [0.05, 0.1) is 5.41 Å². The minimum atomic E-state index is -0.102. The molecule has 1 aliphatic heterocycles. The molecule has 0 aromatic rings. The summed E-state index contributed by atoms with van der Waals surface area (Å²) in [6, 6.07) is -0.0956. The van der Waals surface area contributed by atoms with Crippen molar-refractivity contribution in [2.75, 3.05) is 0 Å². The van der Waals surface area contributed by atoms with E-state index in [1.807, 2.05) is 13.8 Å². The Kier molecular flexibility index (Phi) is 7.64. The number of hydrogen-bond acceptors (Lipinski definition) is 1. The Labute approximate surface area is 175 Å². The van der Waals surface area contributed by atoms with Gasteiger partial charge in [-0.1, -0.05) is 33.6 Å². The zero-order valence-electron chi connectivity index (χ0n) is 16.3. The molecular formula is C18H30KNO-2. The van der Waals surface area contributed by atoms with Crippen LogP contribution in [-0.2, 0) is 0 Å². The molecule has 116 valence electrons. The molecule has 0 amide bonds. The molecule has 2 atom stereocenters. The third kappa shape index (κ3) is 3.74. The maximum Gasteiger partial charge on any atom is 1.00 e. The minimum Gasteiger partial charge on any atom is -1.00 e. The maximum absolute atomic E-state index is 12.8. The first-order valence-corrected chi connectivity index (χ1v) is 7.50. The van der Waals surface area contributed by atoms with Crippen molar-refractivity contribution in [3.8, 4) is 0 Å². The number of nitrogens with zero attached hydrogens (tertiary/aromatic N) is 1. The quantitative estimate of drug-likeness (QED) is 0.255. The van der Waals surface area contributed by atoms with E-state index in [1.54, 1.807) is 0 Å². The molecule has 0 saturated heterocycles. The monoisotopic (exact) mass is 315 g/mol. The summed E-state index contributed by atoms with van der Waals surface area (Å²) in [6.45, 7) is 22.5. The van der Waals surface area contributed by atoms with Gasteiger partial charge < -0.3 is 30.4 Å². The van der Waals surface area contributed by atoms with Gasteiger partial charge >= 0.3 is 51.4 Å². The van der Waals surface area contributed by atoms with E-state index >= 15 is 0 Å². The molecule has 0 fully saturated rings. The summed E-state index contributed by atoms with van der Waals surface area (Å²) in [5, 5.41) is 12.8. The summed E-state index contributed by atoms with van der Waals surface area (Å²) in [4.78, 5) is 0. The zero-order chi connectivity index (χ0) is 15.9. The van der Waals surface area contributed by atoms with Gasteiger partial charge in [-0.25, -0.2) is 4.74 Å². The molecule has 0 aliphatic carbocycles. The van der Waals surface area contributed by atoms with E-state index in [-0.39, 0.29) is 75.6 Å². The molecule has 2 nitrogen and oxygen atoms in total. The smallest absolute Gasteiger partial charge is 1.00 e. The van der Waals surface area contributed by atoms with E-state index < -0.39 is 0 Å². The fourth-order valence-electron chi connectivity index (χ4n) is 3.44. The standard InChI is InChI=1S/C18H29NO.K.H/c1-10-15-17(6,7)18(8,9)16(19(15)20)14(5)11-13(4)12(2)3;;/h2,14,16H,10H2,1,3-9H3;;/q-2;+1;-1/i;;1+0. The topological polar surface area (TPSA) is 26.1 Å². The SMILES string of the molecule is [1H-].[CH-]=C(C)C(C)=[C-]C(C)C1[N+]([O-])=C(CC)C(C)(C)C1(C)C.[K+]. The summed E-state index contributed by atoms with van der Waals surface area (Å²) >= 11 is 0. The van der Waals surface area contributed by atoms with Gasteiger partial charge in [0.1, 0.15) is 0 Å². The van der Waals surface area contributed by atoms with E-state index in [4.69, 9.17) is 6.58 Å². The minimum absolute atomic E-state index is 0. The fraction of sp³-hybridized carbons (Fsp3) is 0.722. The van der Waals surface area contributed by atoms with Crippen LogP contribution in [0.3, 0.4) is 0 Å². The van der Waals surface area contributed by atoms with Gasteiger partial charge in [0.2, 0.25) is 0 Å². The number of hydrogen-bond donors (Lipinski definition) is 0. The van der Waals surface area contributed by atoms with Crippen molar-refractivity contribution in [3.63, 3.8) is 0 Å². The molecule has 0 radical (unpaired) electrons. The third-order valence-corrected chi connectivity index (χ3v) is 5.43. The zero-order valence-corrected chi connectivity index (χ0v) is 18.4. The summed E-state index contributed by atoms with van der Waals surface area (Å²) in [5.74, 6) is 0.0457. The van der Waals surface area contributed by atoms with Crippen molar-refractivity contribution < 1.29 is 57.6 Å². The van der Waals surface area contributed by atoms with Crippen LogP contribution in [0.15, 0.2) is 11.1 Å². The summed E-state index contributed by atoms with van der Waals surface area (Å²) in [7, 11) is 0. The Morgan fingerprint density at radius 3 is 2.19 bits per heavy atom. The molecule has 0 saturated carbocycles. The van der Waals surface area contributed by atoms with Crippen molar-refractivity contribution in [3.05, 3.63) is 29.0 Å². The van der Waals surface area contributed by atoms with Gasteiger partial charge in [0.25, 0.3) is 0 Å². The van der Waals surface area contributed by atoms with Crippen molar-refractivity contribution in [2.24, 2.45) is 16.7 Å².